The van der Waals surface area contributed by atoms with Crippen LogP contribution in [0.4, 0.5) is 11.4 Å². The van der Waals surface area contributed by atoms with Gasteiger partial charge in [0.15, 0.2) is 5.17 Å². The highest BCUT2D eigenvalue weighted by atomic mass is 35.5. The summed E-state index contributed by atoms with van der Waals surface area (Å²) in [6, 6.07) is 14.1. The zero-order valence-corrected chi connectivity index (χ0v) is 16.4. The van der Waals surface area contributed by atoms with E-state index in [4.69, 9.17) is 16.3 Å². The zero-order chi connectivity index (χ0) is 19.4. The van der Waals surface area contributed by atoms with E-state index in [1.165, 1.54) is 16.7 Å². The first-order chi connectivity index (χ1) is 13.0. The molecule has 0 spiro atoms. The Morgan fingerprint density at radius 2 is 2.07 bits per heavy atom. The third kappa shape index (κ3) is 4.81. The lowest BCUT2D eigenvalue weighted by Gasteiger charge is -2.09. The van der Waals surface area contributed by atoms with Gasteiger partial charge in [0, 0.05) is 30.2 Å². The molecule has 1 saturated heterocycles. The molecule has 2 aromatic carbocycles. The third-order valence-corrected chi connectivity index (χ3v) is 5.36. The van der Waals surface area contributed by atoms with Crippen molar-refractivity contribution in [2.45, 2.75) is 11.7 Å². The molecule has 6 nitrogen and oxygen atoms in total. The lowest BCUT2D eigenvalue weighted by molar-refractivity contribution is -0.127. The number of ether oxygens (including phenoxy) is 1. The summed E-state index contributed by atoms with van der Waals surface area (Å²) in [5.74, 6) is 0.285. The predicted molar refractivity (Wildman–Crippen MR) is 109 cm³/mol. The van der Waals surface area contributed by atoms with Crippen molar-refractivity contribution in [1.82, 2.24) is 4.90 Å². The Bertz CT molecular complexity index is 903. The molecule has 1 aliphatic rings. The number of nitrogens with zero attached hydrogens (tertiary/aromatic N) is 2. The number of methoxy groups -OCH3 is 1. The second-order valence-electron chi connectivity index (χ2n) is 5.86. The summed E-state index contributed by atoms with van der Waals surface area (Å²) >= 11 is 7.19. The molecule has 0 saturated carbocycles. The van der Waals surface area contributed by atoms with Gasteiger partial charge in [-0.3, -0.25) is 14.5 Å². The molecule has 2 amide bonds. The van der Waals surface area contributed by atoms with Crippen LogP contribution >= 0.6 is 23.4 Å². The summed E-state index contributed by atoms with van der Waals surface area (Å²) in [6.07, 6.45) is 0.0531. The largest absolute Gasteiger partial charge is 0.497 e. The van der Waals surface area contributed by atoms with E-state index < -0.39 is 5.25 Å². The molecule has 1 heterocycles. The van der Waals surface area contributed by atoms with Crippen molar-refractivity contribution < 1.29 is 14.3 Å². The Hall–Kier alpha value is -2.51. The van der Waals surface area contributed by atoms with Gasteiger partial charge in [0.25, 0.3) is 0 Å². The number of carbonyl (C=O) groups is 2. The molecule has 8 heteroatoms. The number of anilines is 1. The Balaban J connectivity index is 1.68. The lowest BCUT2D eigenvalue weighted by atomic mass is 10.2. The molecule has 0 aliphatic carbocycles. The van der Waals surface area contributed by atoms with Gasteiger partial charge in [-0.2, -0.15) is 0 Å². The first-order valence-corrected chi connectivity index (χ1v) is 9.44. The van der Waals surface area contributed by atoms with E-state index in [2.05, 4.69) is 10.3 Å². The number of amidine groups is 1. The molecule has 0 aromatic heterocycles. The predicted octanol–water partition coefficient (Wildman–Crippen LogP) is 3.94. The molecule has 27 heavy (non-hydrogen) atoms. The number of aliphatic imine (C=N–C) groups is 1. The number of thioether (sulfide) groups is 1. The highest BCUT2D eigenvalue weighted by Crippen LogP contribution is 2.31. The summed E-state index contributed by atoms with van der Waals surface area (Å²) in [4.78, 5) is 30.7. The summed E-state index contributed by atoms with van der Waals surface area (Å²) in [5, 5.41) is 3.33. The maximum Gasteiger partial charge on any atom is 0.242 e. The van der Waals surface area contributed by atoms with Crippen LogP contribution in [0.1, 0.15) is 6.42 Å². The Labute approximate surface area is 166 Å². The standard InChI is InChI=1S/C19H18ClN3O3S/c1-23-18(25)16(11-17(24)21-13-6-3-5-12(20)9-13)27-19(23)22-14-7-4-8-15(10-14)26-2/h3-10,16H,11H2,1-2H3,(H,21,24). The van der Waals surface area contributed by atoms with Crippen molar-refractivity contribution in [3.05, 3.63) is 53.6 Å². The van der Waals surface area contributed by atoms with Crippen LogP contribution in [0.3, 0.4) is 0 Å². The molecule has 1 unspecified atom stereocenters. The molecule has 1 N–H and O–H groups in total. The summed E-state index contributed by atoms with van der Waals surface area (Å²) < 4.78 is 5.19. The summed E-state index contributed by atoms with van der Waals surface area (Å²) in [5.41, 5.74) is 1.28. The first kappa shape index (κ1) is 19.3. The van der Waals surface area contributed by atoms with Crippen LogP contribution in [0.5, 0.6) is 5.75 Å². The van der Waals surface area contributed by atoms with E-state index in [9.17, 15) is 9.59 Å². The number of nitrogens with one attached hydrogen (secondary N) is 1. The molecular weight excluding hydrogens is 386 g/mol. The number of benzene rings is 2. The van der Waals surface area contributed by atoms with Crippen LogP contribution in [0.15, 0.2) is 53.5 Å². The molecule has 1 fully saturated rings. The second-order valence-corrected chi connectivity index (χ2v) is 7.47. The number of halogens is 1. The van der Waals surface area contributed by atoms with Gasteiger partial charge in [-0.1, -0.05) is 35.5 Å². The van der Waals surface area contributed by atoms with Gasteiger partial charge in [0.05, 0.1) is 12.8 Å². The van der Waals surface area contributed by atoms with Gasteiger partial charge in [0.1, 0.15) is 11.0 Å². The van der Waals surface area contributed by atoms with Gasteiger partial charge >= 0.3 is 0 Å². The van der Waals surface area contributed by atoms with Crippen LogP contribution in [0, 0.1) is 0 Å². The van der Waals surface area contributed by atoms with Crippen molar-refractivity contribution in [2.75, 3.05) is 19.5 Å². The second kappa shape index (κ2) is 8.45. The van der Waals surface area contributed by atoms with Crippen LogP contribution in [-0.4, -0.2) is 41.3 Å². The van der Waals surface area contributed by atoms with Crippen molar-refractivity contribution in [1.29, 1.82) is 0 Å². The fourth-order valence-corrected chi connectivity index (χ4v) is 3.88. The normalized spacial score (nSPS) is 18.0. The molecule has 2 aromatic rings. The van der Waals surface area contributed by atoms with Crippen LogP contribution in [0.2, 0.25) is 5.02 Å². The summed E-state index contributed by atoms with van der Waals surface area (Å²) in [6.45, 7) is 0. The van der Waals surface area contributed by atoms with Gasteiger partial charge in [-0.25, -0.2) is 4.99 Å². The minimum atomic E-state index is -0.515. The molecule has 1 atom stereocenters. The number of amides is 2. The number of hydrogen-bond acceptors (Lipinski definition) is 5. The van der Waals surface area contributed by atoms with E-state index >= 15 is 0 Å². The third-order valence-electron chi connectivity index (χ3n) is 3.90. The molecule has 3 rings (SSSR count). The maximum atomic E-state index is 12.5. The smallest absolute Gasteiger partial charge is 0.242 e. The highest BCUT2D eigenvalue weighted by molar-refractivity contribution is 8.15. The quantitative estimate of drug-likeness (QED) is 0.820. The van der Waals surface area contributed by atoms with Gasteiger partial charge < -0.3 is 10.1 Å². The van der Waals surface area contributed by atoms with Crippen LogP contribution in [0.25, 0.3) is 0 Å². The highest BCUT2D eigenvalue weighted by Gasteiger charge is 2.37. The van der Waals surface area contributed by atoms with Gasteiger partial charge in [-0.15, -0.1) is 0 Å². The Kier molecular flexibility index (Phi) is 6.03. The molecule has 0 radical (unpaired) electrons. The minimum Gasteiger partial charge on any atom is -0.497 e. The SMILES string of the molecule is COc1cccc(N=C2SC(CC(=O)Nc3cccc(Cl)c3)C(=O)N2C)c1. The average Bonchev–Trinajstić information content (AvgIpc) is 2.89. The fraction of sp³-hybridized carbons (Fsp3) is 0.211. The molecule has 0 bridgehead atoms. The topological polar surface area (TPSA) is 71.0 Å². The van der Waals surface area contributed by atoms with Gasteiger partial charge in [0.2, 0.25) is 11.8 Å². The fourth-order valence-electron chi connectivity index (χ4n) is 2.53. The monoisotopic (exact) mass is 403 g/mol. The van der Waals surface area contributed by atoms with Crippen molar-refractivity contribution >= 4 is 51.7 Å². The van der Waals surface area contributed by atoms with Gasteiger partial charge in [-0.05, 0) is 30.3 Å². The number of carbonyl (C=O) groups excluding carboxylic acids is 2. The van der Waals surface area contributed by atoms with Crippen molar-refractivity contribution in [3.8, 4) is 5.75 Å². The number of rotatable bonds is 5. The molecular formula is C19H18ClN3O3S. The van der Waals surface area contributed by atoms with Crippen molar-refractivity contribution in [3.63, 3.8) is 0 Å². The zero-order valence-electron chi connectivity index (χ0n) is 14.8. The number of hydrogen-bond donors (Lipinski definition) is 1. The Morgan fingerprint density at radius 3 is 2.81 bits per heavy atom. The van der Waals surface area contributed by atoms with E-state index in [0.717, 1.165) is 0 Å². The van der Waals surface area contributed by atoms with E-state index in [1.807, 2.05) is 18.2 Å². The van der Waals surface area contributed by atoms with E-state index in [-0.39, 0.29) is 18.2 Å². The maximum absolute atomic E-state index is 12.5. The van der Waals surface area contributed by atoms with E-state index in [1.54, 1.807) is 44.5 Å². The first-order valence-electron chi connectivity index (χ1n) is 8.18. The Morgan fingerprint density at radius 1 is 1.30 bits per heavy atom. The van der Waals surface area contributed by atoms with E-state index in [0.29, 0.717) is 27.3 Å². The summed E-state index contributed by atoms with van der Waals surface area (Å²) in [7, 11) is 3.24. The lowest BCUT2D eigenvalue weighted by Crippen LogP contribution is -2.30. The minimum absolute atomic E-state index is 0.0531. The molecule has 140 valence electrons. The van der Waals surface area contributed by atoms with Crippen LogP contribution < -0.4 is 10.1 Å². The average molecular weight is 404 g/mol. The van der Waals surface area contributed by atoms with Crippen LogP contribution in [-0.2, 0) is 9.59 Å². The molecule has 1 aliphatic heterocycles. The van der Waals surface area contributed by atoms with Crippen molar-refractivity contribution in [2.24, 2.45) is 4.99 Å².